The predicted molar refractivity (Wildman–Crippen MR) is 103 cm³/mol. The second-order valence-electron chi connectivity index (χ2n) is 6.15. The Hall–Kier alpha value is -3.40. The molecular weight excluding hydrogens is 445 g/mol. The van der Waals surface area contributed by atoms with Crippen LogP contribution in [0, 0.1) is 5.82 Å². The summed E-state index contributed by atoms with van der Waals surface area (Å²) in [5, 5.41) is 14.3. The molecule has 146 valence electrons. The molecule has 29 heavy (non-hydrogen) atoms. The van der Waals surface area contributed by atoms with Gasteiger partial charge in [-0.3, -0.25) is 4.79 Å². The molecule has 0 radical (unpaired) electrons. The molecule has 1 aliphatic heterocycles. The molecule has 4 rings (SSSR count). The molecule has 0 spiro atoms. The number of halogens is 2. The summed E-state index contributed by atoms with van der Waals surface area (Å²) >= 11 is 3.42. The highest BCUT2D eigenvalue weighted by Gasteiger charge is 2.38. The van der Waals surface area contributed by atoms with Gasteiger partial charge in [0.05, 0.1) is 12.7 Å². The van der Waals surface area contributed by atoms with Crippen LogP contribution in [0.2, 0.25) is 0 Å². The summed E-state index contributed by atoms with van der Waals surface area (Å²) in [5.41, 5.74) is 0.887. The number of allylic oxidation sites excluding steroid dienone is 1. The first-order chi connectivity index (χ1) is 14.0. The lowest BCUT2D eigenvalue weighted by atomic mass is 9.89. The topological polar surface area (TPSA) is 99.0 Å². The van der Waals surface area contributed by atoms with Gasteiger partial charge in [0.15, 0.2) is 5.78 Å². The number of hydrogen-bond acceptors (Lipinski definition) is 7. The molecule has 0 saturated carbocycles. The number of aromatic nitrogens is 4. The first kappa shape index (κ1) is 18.9. The number of hydrogen-bond donors (Lipinski definition) is 1. The molecule has 0 saturated heterocycles. The molecule has 1 atom stereocenters. The highest BCUT2D eigenvalue weighted by molar-refractivity contribution is 9.10. The van der Waals surface area contributed by atoms with Crippen molar-refractivity contribution in [2.24, 2.45) is 0 Å². The third-order valence-electron chi connectivity index (χ3n) is 4.42. The van der Waals surface area contributed by atoms with Crippen molar-refractivity contribution in [2.45, 2.75) is 6.04 Å². The molecule has 0 aliphatic carbocycles. The summed E-state index contributed by atoms with van der Waals surface area (Å²) in [4.78, 5) is 25.9. The smallest absolute Gasteiger partial charge is 0.355 e. The summed E-state index contributed by atoms with van der Waals surface area (Å²) in [7, 11) is 1.21. The maximum Gasteiger partial charge on any atom is 0.355 e. The third kappa shape index (κ3) is 3.42. The van der Waals surface area contributed by atoms with Crippen LogP contribution in [0.5, 0.6) is 0 Å². The second kappa shape index (κ2) is 7.55. The zero-order valence-corrected chi connectivity index (χ0v) is 16.6. The van der Waals surface area contributed by atoms with Crippen LogP contribution < -0.4 is 5.32 Å². The number of fused-ring (bicyclic) bond motifs is 1. The van der Waals surface area contributed by atoms with Crippen LogP contribution in [-0.4, -0.2) is 39.1 Å². The number of benzene rings is 2. The van der Waals surface area contributed by atoms with Gasteiger partial charge in [0.25, 0.3) is 0 Å². The Morgan fingerprint density at radius 1 is 1.21 bits per heavy atom. The normalized spacial score (nSPS) is 15.5. The summed E-state index contributed by atoms with van der Waals surface area (Å²) in [6, 6.07) is 11.5. The van der Waals surface area contributed by atoms with Crippen molar-refractivity contribution >= 4 is 33.6 Å². The predicted octanol–water partition coefficient (Wildman–Crippen LogP) is 2.90. The van der Waals surface area contributed by atoms with E-state index in [9.17, 15) is 14.0 Å². The molecule has 2 aromatic carbocycles. The minimum Gasteiger partial charge on any atom is -0.464 e. The molecule has 0 unspecified atom stereocenters. The Balaban J connectivity index is 1.95. The molecule has 1 N–H and O–H groups in total. The largest absolute Gasteiger partial charge is 0.464 e. The van der Waals surface area contributed by atoms with Gasteiger partial charge in [0, 0.05) is 10.0 Å². The van der Waals surface area contributed by atoms with Gasteiger partial charge < -0.3 is 10.1 Å². The van der Waals surface area contributed by atoms with Gasteiger partial charge in [-0.25, -0.2) is 9.18 Å². The van der Waals surface area contributed by atoms with Crippen molar-refractivity contribution in [3.63, 3.8) is 0 Å². The summed E-state index contributed by atoms with van der Waals surface area (Å²) < 4.78 is 20.4. The Kier molecular flexibility index (Phi) is 4.93. The van der Waals surface area contributed by atoms with Gasteiger partial charge in [0.1, 0.15) is 17.6 Å². The SMILES string of the molecule is COC(=O)C1=C(C(=O)c2ccc(F)cc2)[C@@H](c2cccc(Br)c2)n2nnnc2N1. The fourth-order valence-electron chi connectivity index (χ4n) is 3.13. The van der Waals surface area contributed by atoms with Gasteiger partial charge in [-0.2, -0.15) is 4.68 Å². The number of methoxy groups -OCH3 is 1. The van der Waals surface area contributed by atoms with E-state index in [1.165, 1.54) is 36.1 Å². The van der Waals surface area contributed by atoms with Crippen LogP contribution in [0.1, 0.15) is 22.0 Å². The zero-order chi connectivity index (χ0) is 20.5. The van der Waals surface area contributed by atoms with Crippen molar-refractivity contribution in [3.8, 4) is 0 Å². The van der Waals surface area contributed by atoms with E-state index in [2.05, 4.69) is 36.8 Å². The van der Waals surface area contributed by atoms with E-state index >= 15 is 0 Å². The van der Waals surface area contributed by atoms with E-state index in [0.717, 1.165) is 4.47 Å². The molecule has 8 nitrogen and oxygen atoms in total. The minimum atomic E-state index is -0.801. The Labute approximate surface area is 172 Å². The number of rotatable bonds is 4. The van der Waals surface area contributed by atoms with E-state index in [-0.39, 0.29) is 22.8 Å². The van der Waals surface area contributed by atoms with Crippen molar-refractivity contribution in [2.75, 3.05) is 12.4 Å². The van der Waals surface area contributed by atoms with Crippen LogP contribution in [0.15, 0.2) is 64.3 Å². The third-order valence-corrected chi connectivity index (χ3v) is 4.92. The monoisotopic (exact) mass is 457 g/mol. The zero-order valence-electron chi connectivity index (χ0n) is 15.0. The number of carbonyl (C=O) groups excluding carboxylic acids is 2. The number of ketones is 1. The molecule has 1 aliphatic rings. The molecule has 3 aromatic rings. The van der Waals surface area contributed by atoms with Gasteiger partial charge >= 0.3 is 5.97 Å². The van der Waals surface area contributed by atoms with Crippen LogP contribution >= 0.6 is 15.9 Å². The van der Waals surface area contributed by atoms with Crippen LogP contribution in [0.4, 0.5) is 10.3 Å². The number of nitrogens with zero attached hydrogens (tertiary/aromatic N) is 4. The number of esters is 1. The maximum absolute atomic E-state index is 13.4. The standard InChI is InChI=1S/C19H13BrFN5O3/c1-29-18(28)15-14(17(27)10-5-7-13(21)8-6-10)16(11-3-2-4-12(20)9-11)26-19(22-15)23-24-25-26/h2-9,16H,1H3,(H,22,23,25)/t16-/m1/s1. The number of anilines is 1. The van der Waals surface area contributed by atoms with Gasteiger partial charge in [0.2, 0.25) is 5.95 Å². The second-order valence-corrected chi connectivity index (χ2v) is 7.06. The lowest BCUT2D eigenvalue weighted by Gasteiger charge is -2.28. The van der Waals surface area contributed by atoms with Crippen molar-refractivity contribution < 1.29 is 18.7 Å². The number of Topliss-reactive ketones (excluding diaryl/α,β-unsaturated/α-hetero) is 1. The van der Waals surface area contributed by atoms with Crippen molar-refractivity contribution in [3.05, 3.63) is 81.2 Å². The molecular formula is C19H13BrFN5O3. The Morgan fingerprint density at radius 2 is 1.97 bits per heavy atom. The lowest BCUT2D eigenvalue weighted by Crippen LogP contribution is -2.33. The average Bonchev–Trinajstić information content (AvgIpc) is 3.20. The average molecular weight is 458 g/mol. The van der Waals surface area contributed by atoms with Gasteiger partial charge in [-0.05, 0) is 52.4 Å². The quantitative estimate of drug-likeness (QED) is 0.474. The van der Waals surface area contributed by atoms with E-state index in [1.54, 1.807) is 18.2 Å². The summed E-state index contributed by atoms with van der Waals surface area (Å²) in [6.07, 6.45) is 0. The van der Waals surface area contributed by atoms with Crippen LogP contribution in [-0.2, 0) is 9.53 Å². The molecule has 2 heterocycles. The van der Waals surface area contributed by atoms with Crippen molar-refractivity contribution in [1.29, 1.82) is 0 Å². The van der Waals surface area contributed by atoms with Crippen LogP contribution in [0.3, 0.4) is 0 Å². The maximum atomic E-state index is 13.4. The molecule has 0 fully saturated rings. The number of tetrazole rings is 1. The Bertz CT molecular complexity index is 1140. The molecule has 0 amide bonds. The first-order valence-electron chi connectivity index (χ1n) is 8.42. The number of ether oxygens (including phenoxy) is 1. The van der Waals surface area contributed by atoms with Crippen LogP contribution in [0.25, 0.3) is 0 Å². The van der Waals surface area contributed by atoms with Gasteiger partial charge in [-0.15, -0.1) is 0 Å². The number of nitrogens with one attached hydrogen (secondary N) is 1. The van der Waals surface area contributed by atoms with E-state index in [0.29, 0.717) is 5.56 Å². The summed E-state index contributed by atoms with van der Waals surface area (Å²) in [5.74, 6) is -1.52. The highest BCUT2D eigenvalue weighted by atomic mass is 79.9. The molecule has 10 heteroatoms. The fraction of sp³-hybridized carbons (Fsp3) is 0.105. The first-order valence-corrected chi connectivity index (χ1v) is 9.22. The number of carbonyl (C=O) groups is 2. The fourth-order valence-corrected chi connectivity index (χ4v) is 3.55. The van der Waals surface area contributed by atoms with Crippen molar-refractivity contribution in [1.82, 2.24) is 20.2 Å². The highest BCUT2D eigenvalue weighted by Crippen LogP contribution is 2.37. The molecule has 0 bridgehead atoms. The lowest BCUT2D eigenvalue weighted by molar-refractivity contribution is -0.136. The van der Waals surface area contributed by atoms with E-state index in [1.807, 2.05) is 6.07 Å². The Morgan fingerprint density at radius 3 is 2.66 bits per heavy atom. The van der Waals surface area contributed by atoms with E-state index in [4.69, 9.17) is 4.74 Å². The van der Waals surface area contributed by atoms with E-state index < -0.39 is 23.6 Å². The summed E-state index contributed by atoms with van der Waals surface area (Å²) in [6.45, 7) is 0. The minimum absolute atomic E-state index is 0.0749. The molecule has 1 aromatic heterocycles. The van der Waals surface area contributed by atoms with Gasteiger partial charge in [-0.1, -0.05) is 33.2 Å².